The quantitative estimate of drug-likeness (QED) is 0.149. The third-order valence-corrected chi connectivity index (χ3v) is 7.07. The lowest BCUT2D eigenvalue weighted by Gasteiger charge is -2.37. The molecule has 0 unspecified atom stereocenters. The van der Waals surface area contributed by atoms with E-state index in [1.807, 2.05) is 52.8 Å². The summed E-state index contributed by atoms with van der Waals surface area (Å²) < 4.78 is 18.2. The van der Waals surface area contributed by atoms with Gasteiger partial charge in [-0.05, 0) is 53.0 Å². The van der Waals surface area contributed by atoms with Crippen molar-refractivity contribution in [3.8, 4) is 0 Å². The second-order valence-corrected chi connectivity index (χ2v) is 12.2. The molecule has 0 aromatic heterocycles. The molecule has 1 aromatic rings. The van der Waals surface area contributed by atoms with Gasteiger partial charge in [-0.1, -0.05) is 114 Å². The maximum Gasteiger partial charge on any atom is 0.413 e. The first-order valence-corrected chi connectivity index (χ1v) is 15.1. The molecule has 1 fully saturated rings. The average molecular weight is 530 g/mol. The Labute approximate surface area is 233 Å². The molecule has 216 valence electrons. The number of amides is 1. The summed E-state index contributed by atoms with van der Waals surface area (Å²) >= 11 is 0. The summed E-state index contributed by atoms with van der Waals surface area (Å²) in [6.45, 7) is 12.7. The number of benzene rings is 1. The van der Waals surface area contributed by atoms with Crippen LogP contribution < -0.4 is 0 Å². The van der Waals surface area contributed by atoms with Gasteiger partial charge in [-0.15, -0.1) is 0 Å². The third-order valence-electron chi connectivity index (χ3n) is 7.07. The molecule has 1 aliphatic heterocycles. The molecular formula is C33H55NO4. The zero-order valence-corrected chi connectivity index (χ0v) is 25.2. The van der Waals surface area contributed by atoms with Crippen LogP contribution in [-0.2, 0) is 20.8 Å². The number of carbonyl (C=O) groups is 1. The predicted octanol–water partition coefficient (Wildman–Crippen LogP) is 9.20. The van der Waals surface area contributed by atoms with Gasteiger partial charge in [0.25, 0.3) is 0 Å². The molecule has 38 heavy (non-hydrogen) atoms. The number of allylic oxidation sites excluding steroid dienone is 1. The number of hydrogen-bond acceptors (Lipinski definition) is 4. The fourth-order valence-corrected chi connectivity index (χ4v) is 4.96. The Balaban J connectivity index is 1.89. The normalized spacial score (nSPS) is 18.3. The molecule has 0 N–H and O–H groups in total. The Hall–Kier alpha value is -1.85. The van der Waals surface area contributed by atoms with Gasteiger partial charge >= 0.3 is 6.09 Å². The van der Waals surface area contributed by atoms with Gasteiger partial charge in [-0.2, -0.15) is 0 Å². The molecule has 0 radical (unpaired) electrons. The van der Waals surface area contributed by atoms with Gasteiger partial charge in [-0.25, -0.2) is 4.79 Å². The number of hydrogen-bond donors (Lipinski definition) is 0. The van der Waals surface area contributed by atoms with Crippen molar-refractivity contribution in [2.75, 3.05) is 6.61 Å². The van der Waals surface area contributed by atoms with E-state index >= 15 is 0 Å². The van der Waals surface area contributed by atoms with Gasteiger partial charge in [0.1, 0.15) is 11.3 Å². The first-order chi connectivity index (χ1) is 18.1. The van der Waals surface area contributed by atoms with Crippen LogP contribution in [0.5, 0.6) is 0 Å². The van der Waals surface area contributed by atoms with Crippen LogP contribution in [0.2, 0.25) is 0 Å². The lowest BCUT2D eigenvalue weighted by atomic mass is 10.0. The van der Waals surface area contributed by atoms with Gasteiger partial charge in [0.15, 0.2) is 0 Å². The Kier molecular flexibility index (Phi) is 14.5. The van der Waals surface area contributed by atoms with Gasteiger partial charge < -0.3 is 14.2 Å². The van der Waals surface area contributed by atoms with E-state index in [0.29, 0.717) is 13.2 Å². The Morgan fingerprint density at radius 2 is 1.58 bits per heavy atom. The standard InChI is InChI=1S/C33H55NO4/c1-7-8-9-10-11-12-13-14-15-16-17-18-22-25-30(36-26-28-23-20-19-21-24-28)29-27-37-33(5,6)34(29)31(35)38-32(2,3)4/h19-25,29-30H,7-18,26-27H2,1-6H3/b25-22-/t29-,30+/m0/s1. The van der Waals surface area contributed by atoms with Crippen LogP contribution in [0.3, 0.4) is 0 Å². The van der Waals surface area contributed by atoms with Crippen molar-refractivity contribution >= 4 is 6.09 Å². The maximum absolute atomic E-state index is 13.2. The van der Waals surface area contributed by atoms with Crippen molar-refractivity contribution in [3.63, 3.8) is 0 Å². The fraction of sp³-hybridized carbons (Fsp3) is 0.727. The first kappa shape index (κ1) is 32.4. The minimum absolute atomic E-state index is 0.253. The van der Waals surface area contributed by atoms with E-state index in [0.717, 1.165) is 12.0 Å². The van der Waals surface area contributed by atoms with Crippen molar-refractivity contribution < 1.29 is 19.0 Å². The van der Waals surface area contributed by atoms with Crippen molar-refractivity contribution in [2.24, 2.45) is 0 Å². The molecular weight excluding hydrogens is 474 g/mol. The van der Waals surface area contributed by atoms with Crippen LogP contribution in [-0.4, -0.2) is 41.1 Å². The molecule has 1 amide bonds. The van der Waals surface area contributed by atoms with Crippen molar-refractivity contribution in [1.29, 1.82) is 0 Å². The average Bonchev–Trinajstić information content (AvgIpc) is 3.18. The topological polar surface area (TPSA) is 48.0 Å². The Morgan fingerprint density at radius 3 is 2.16 bits per heavy atom. The largest absolute Gasteiger partial charge is 0.444 e. The van der Waals surface area contributed by atoms with Gasteiger partial charge in [0.05, 0.1) is 25.4 Å². The summed E-state index contributed by atoms with van der Waals surface area (Å²) in [5.74, 6) is 0. The molecule has 5 nitrogen and oxygen atoms in total. The molecule has 0 spiro atoms. The monoisotopic (exact) mass is 529 g/mol. The number of unbranched alkanes of at least 4 members (excludes halogenated alkanes) is 11. The van der Waals surface area contributed by atoms with Crippen molar-refractivity contribution in [3.05, 3.63) is 48.0 Å². The molecule has 1 heterocycles. The van der Waals surface area contributed by atoms with Crippen LogP contribution in [0, 0.1) is 0 Å². The summed E-state index contributed by atoms with van der Waals surface area (Å²) in [6, 6.07) is 9.92. The maximum atomic E-state index is 13.2. The van der Waals surface area contributed by atoms with Crippen molar-refractivity contribution in [1.82, 2.24) is 4.90 Å². The van der Waals surface area contributed by atoms with Crippen LogP contribution in [0.1, 0.15) is 124 Å². The lowest BCUT2D eigenvalue weighted by Crippen LogP contribution is -2.53. The van der Waals surface area contributed by atoms with E-state index in [4.69, 9.17) is 14.2 Å². The number of rotatable bonds is 17. The minimum Gasteiger partial charge on any atom is -0.444 e. The molecule has 2 rings (SSSR count). The zero-order valence-electron chi connectivity index (χ0n) is 25.2. The summed E-state index contributed by atoms with van der Waals surface area (Å²) in [4.78, 5) is 14.9. The highest BCUT2D eigenvalue weighted by molar-refractivity contribution is 5.70. The van der Waals surface area contributed by atoms with Crippen LogP contribution in [0.25, 0.3) is 0 Å². The van der Waals surface area contributed by atoms with Gasteiger partial charge in [-0.3, -0.25) is 4.90 Å². The third kappa shape index (κ3) is 12.3. The molecule has 5 heteroatoms. The first-order valence-electron chi connectivity index (χ1n) is 15.1. The number of carbonyl (C=O) groups excluding carboxylic acids is 1. The highest BCUT2D eigenvalue weighted by Gasteiger charge is 2.48. The van der Waals surface area contributed by atoms with Crippen molar-refractivity contribution in [2.45, 2.75) is 149 Å². The van der Waals surface area contributed by atoms with E-state index in [2.05, 4.69) is 31.2 Å². The summed E-state index contributed by atoms with van der Waals surface area (Å²) in [7, 11) is 0. The van der Waals surface area contributed by atoms with Crippen LogP contribution in [0.15, 0.2) is 42.5 Å². The van der Waals surface area contributed by atoms with E-state index in [-0.39, 0.29) is 18.2 Å². The molecule has 1 aliphatic rings. The zero-order chi connectivity index (χ0) is 27.9. The molecule has 0 saturated carbocycles. The molecule has 2 atom stereocenters. The Morgan fingerprint density at radius 1 is 1.00 bits per heavy atom. The number of nitrogens with zero attached hydrogens (tertiary/aromatic N) is 1. The minimum atomic E-state index is -0.759. The highest BCUT2D eigenvalue weighted by atomic mass is 16.6. The molecule has 1 aromatic carbocycles. The fourth-order valence-electron chi connectivity index (χ4n) is 4.96. The van der Waals surface area contributed by atoms with Gasteiger partial charge in [0, 0.05) is 0 Å². The number of ether oxygens (including phenoxy) is 3. The molecule has 0 aliphatic carbocycles. The highest BCUT2D eigenvalue weighted by Crippen LogP contribution is 2.32. The van der Waals surface area contributed by atoms with Crippen LogP contribution >= 0.6 is 0 Å². The second kappa shape index (κ2) is 17.0. The van der Waals surface area contributed by atoms with E-state index in [1.54, 1.807) is 4.90 Å². The van der Waals surface area contributed by atoms with Crippen LogP contribution in [0.4, 0.5) is 4.79 Å². The van der Waals surface area contributed by atoms with Gasteiger partial charge in [0.2, 0.25) is 0 Å². The predicted molar refractivity (Wildman–Crippen MR) is 157 cm³/mol. The van der Waals surface area contributed by atoms with E-state index in [9.17, 15) is 4.79 Å². The summed E-state index contributed by atoms with van der Waals surface area (Å²) in [6.07, 6.45) is 19.5. The smallest absolute Gasteiger partial charge is 0.413 e. The summed E-state index contributed by atoms with van der Waals surface area (Å²) in [5.41, 5.74) is -0.227. The SMILES string of the molecule is CCCCCCCCCCCCC/C=C\[C@@H](OCc1ccccc1)[C@@H]1COC(C)(C)N1C(=O)OC(C)(C)C. The summed E-state index contributed by atoms with van der Waals surface area (Å²) in [5, 5.41) is 0. The van der Waals surface area contributed by atoms with E-state index in [1.165, 1.54) is 70.6 Å². The van der Waals surface area contributed by atoms with E-state index < -0.39 is 11.3 Å². The Bertz CT molecular complexity index is 799. The molecule has 1 saturated heterocycles. The molecule has 0 bridgehead atoms. The second-order valence-electron chi connectivity index (χ2n) is 12.2. The lowest BCUT2D eigenvalue weighted by molar-refractivity contribution is -0.0698.